The Labute approximate surface area is 155 Å². The van der Waals surface area contributed by atoms with Crippen molar-refractivity contribution in [3.05, 3.63) is 23.8 Å². The Morgan fingerprint density at radius 1 is 1.21 bits per heavy atom. The van der Waals surface area contributed by atoms with Gasteiger partial charge in [-0.05, 0) is 30.8 Å². The summed E-state index contributed by atoms with van der Waals surface area (Å²) >= 11 is 1.67. The van der Waals surface area contributed by atoms with Crippen molar-refractivity contribution in [1.29, 1.82) is 0 Å². The molecule has 1 amide bonds. The van der Waals surface area contributed by atoms with Crippen LogP contribution >= 0.6 is 24.2 Å². The molecule has 24 heavy (non-hydrogen) atoms. The van der Waals surface area contributed by atoms with Crippen LogP contribution in [0.2, 0.25) is 0 Å². The van der Waals surface area contributed by atoms with Gasteiger partial charge in [-0.2, -0.15) is 0 Å². The second-order valence-corrected chi connectivity index (χ2v) is 6.46. The molecule has 0 spiro atoms. The molecule has 0 radical (unpaired) electrons. The van der Waals surface area contributed by atoms with E-state index in [0.717, 1.165) is 31.7 Å². The SMILES string of the molecule is CCN(CC)CCN1C(=O)CSC1c1ccc(OC)c(OC)c1.Cl. The third kappa shape index (κ3) is 4.71. The highest BCUT2D eigenvalue weighted by Gasteiger charge is 2.33. The number of amides is 1. The summed E-state index contributed by atoms with van der Waals surface area (Å²) in [6.07, 6.45) is 0. The molecule has 0 bridgehead atoms. The summed E-state index contributed by atoms with van der Waals surface area (Å²) in [6, 6.07) is 5.89. The number of rotatable bonds is 8. The molecule has 1 aliphatic rings. The minimum absolute atomic E-state index is 0. The van der Waals surface area contributed by atoms with Crippen molar-refractivity contribution in [2.24, 2.45) is 0 Å². The Balaban J connectivity index is 0.00000288. The lowest BCUT2D eigenvalue weighted by atomic mass is 10.1. The van der Waals surface area contributed by atoms with Crippen molar-refractivity contribution in [3.8, 4) is 11.5 Å². The zero-order valence-electron chi connectivity index (χ0n) is 14.8. The summed E-state index contributed by atoms with van der Waals surface area (Å²) < 4.78 is 10.7. The predicted molar refractivity (Wildman–Crippen MR) is 101 cm³/mol. The molecule has 1 heterocycles. The Kier molecular flexibility index (Phi) is 8.73. The van der Waals surface area contributed by atoms with E-state index in [1.54, 1.807) is 26.0 Å². The molecule has 1 fully saturated rings. The number of nitrogens with zero attached hydrogens (tertiary/aromatic N) is 2. The fraction of sp³-hybridized carbons (Fsp3) is 0.588. The maximum absolute atomic E-state index is 12.3. The number of carbonyl (C=O) groups is 1. The largest absolute Gasteiger partial charge is 0.493 e. The third-order valence-electron chi connectivity index (χ3n) is 4.21. The second kappa shape index (κ2) is 10.0. The Hall–Kier alpha value is -1.11. The monoisotopic (exact) mass is 374 g/mol. The first-order valence-corrected chi connectivity index (χ1v) is 9.04. The number of thioether (sulfide) groups is 1. The first-order valence-electron chi connectivity index (χ1n) is 7.99. The van der Waals surface area contributed by atoms with Crippen LogP contribution in [0.25, 0.3) is 0 Å². The topological polar surface area (TPSA) is 42.0 Å². The second-order valence-electron chi connectivity index (χ2n) is 5.39. The number of likely N-dealkylation sites (N-methyl/N-ethyl adjacent to an activating group) is 1. The van der Waals surface area contributed by atoms with E-state index in [1.165, 1.54) is 0 Å². The van der Waals surface area contributed by atoms with Gasteiger partial charge in [0.25, 0.3) is 0 Å². The molecule has 7 heteroatoms. The predicted octanol–water partition coefficient (Wildman–Crippen LogP) is 3.04. The molecule has 1 unspecified atom stereocenters. The Bertz CT molecular complexity index is 541. The van der Waals surface area contributed by atoms with Gasteiger partial charge in [0, 0.05) is 13.1 Å². The van der Waals surface area contributed by atoms with Gasteiger partial charge in [-0.15, -0.1) is 24.2 Å². The molecular formula is C17H27ClN2O3S. The van der Waals surface area contributed by atoms with E-state index in [-0.39, 0.29) is 23.7 Å². The van der Waals surface area contributed by atoms with E-state index in [9.17, 15) is 4.79 Å². The maximum atomic E-state index is 12.3. The number of hydrogen-bond donors (Lipinski definition) is 0. The Morgan fingerprint density at radius 2 is 1.88 bits per heavy atom. The van der Waals surface area contributed by atoms with Crippen molar-refractivity contribution in [2.45, 2.75) is 19.2 Å². The van der Waals surface area contributed by atoms with Gasteiger partial charge in [0.05, 0.1) is 20.0 Å². The van der Waals surface area contributed by atoms with Gasteiger partial charge in [-0.3, -0.25) is 4.79 Å². The van der Waals surface area contributed by atoms with E-state index in [4.69, 9.17) is 9.47 Å². The quantitative estimate of drug-likeness (QED) is 0.699. The number of hydrogen-bond acceptors (Lipinski definition) is 5. The normalized spacial score (nSPS) is 17.1. The van der Waals surface area contributed by atoms with Gasteiger partial charge < -0.3 is 19.3 Å². The molecule has 1 aromatic carbocycles. The highest BCUT2D eigenvalue weighted by Crippen LogP contribution is 2.41. The summed E-state index contributed by atoms with van der Waals surface area (Å²) in [6.45, 7) is 7.97. The van der Waals surface area contributed by atoms with Crippen molar-refractivity contribution >= 4 is 30.1 Å². The van der Waals surface area contributed by atoms with Crippen LogP contribution in [0.1, 0.15) is 24.8 Å². The molecule has 0 saturated carbocycles. The van der Waals surface area contributed by atoms with Crippen LogP contribution in [-0.2, 0) is 4.79 Å². The number of methoxy groups -OCH3 is 2. The molecule has 0 N–H and O–H groups in total. The van der Waals surface area contributed by atoms with Crippen LogP contribution in [0.3, 0.4) is 0 Å². The van der Waals surface area contributed by atoms with Crippen LogP contribution in [-0.4, -0.2) is 61.9 Å². The fourth-order valence-corrected chi connectivity index (χ4v) is 3.98. The minimum Gasteiger partial charge on any atom is -0.493 e. The van der Waals surface area contributed by atoms with Crippen LogP contribution in [0.4, 0.5) is 0 Å². The van der Waals surface area contributed by atoms with Crippen molar-refractivity contribution in [2.75, 3.05) is 46.2 Å². The molecule has 5 nitrogen and oxygen atoms in total. The smallest absolute Gasteiger partial charge is 0.233 e. The average Bonchev–Trinajstić information content (AvgIpc) is 2.96. The van der Waals surface area contributed by atoms with Crippen molar-refractivity contribution < 1.29 is 14.3 Å². The molecular weight excluding hydrogens is 348 g/mol. The first-order chi connectivity index (χ1) is 11.1. The maximum Gasteiger partial charge on any atom is 0.233 e. The van der Waals surface area contributed by atoms with Crippen LogP contribution < -0.4 is 9.47 Å². The van der Waals surface area contributed by atoms with Gasteiger partial charge in [-0.1, -0.05) is 19.9 Å². The zero-order chi connectivity index (χ0) is 16.8. The summed E-state index contributed by atoms with van der Waals surface area (Å²) in [5, 5.41) is 0.0536. The number of ether oxygens (including phenoxy) is 2. The van der Waals surface area contributed by atoms with E-state index < -0.39 is 0 Å². The van der Waals surface area contributed by atoms with E-state index >= 15 is 0 Å². The average molecular weight is 375 g/mol. The molecule has 1 aromatic rings. The van der Waals surface area contributed by atoms with Gasteiger partial charge in [0.1, 0.15) is 5.37 Å². The van der Waals surface area contributed by atoms with Gasteiger partial charge in [0.2, 0.25) is 5.91 Å². The van der Waals surface area contributed by atoms with E-state index in [0.29, 0.717) is 17.3 Å². The van der Waals surface area contributed by atoms with Crippen molar-refractivity contribution in [1.82, 2.24) is 9.80 Å². The molecule has 0 aliphatic carbocycles. The molecule has 1 aliphatic heterocycles. The number of benzene rings is 1. The number of carbonyl (C=O) groups excluding carboxylic acids is 1. The van der Waals surface area contributed by atoms with E-state index in [1.807, 2.05) is 23.1 Å². The Morgan fingerprint density at radius 3 is 2.46 bits per heavy atom. The highest BCUT2D eigenvalue weighted by atomic mass is 35.5. The molecule has 1 saturated heterocycles. The summed E-state index contributed by atoms with van der Waals surface area (Å²) in [5.74, 6) is 2.16. The summed E-state index contributed by atoms with van der Waals surface area (Å²) in [5.41, 5.74) is 1.08. The minimum atomic E-state index is 0. The fourth-order valence-electron chi connectivity index (χ4n) is 2.77. The molecule has 2 rings (SSSR count). The van der Waals surface area contributed by atoms with Gasteiger partial charge in [-0.25, -0.2) is 0 Å². The lowest BCUT2D eigenvalue weighted by Gasteiger charge is -2.27. The van der Waals surface area contributed by atoms with Crippen LogP contribution in [0, 0.1) is 0 Å². The van der Waals surface area contributed by atoms with Crippen LogP contribution in [0.15, 0.2) is 18.2 Å². The lowest BCUT2D eigenvalue weighted by molar-refractivity contribution is -0.128. The van der Waals surface area contributed by atoms with Crippen LogP contribution in [0.5, 0.6) is 11.5 Å². The third-order valence-corrected chi connectivity index (χ3v) is 5.47. The summed E-state index contributed by atoms with van der Waals surface area (Å²) in [7, 11) is 3.26. The lowest BCUT2D eigenvalue weighted by Crippen LogP contribution is -2.37. The van der Waals surface area contributed by atoms with Crippen molar-refractivity contribution in [3.63, 3.8) is 0 Å². The van der Waals surface area contributed by atoms with E-state index in [2.05, 4.69) is 18.7 Å². The molecule has 0 aromatic heterocycles. The molecule has 1 atom stereocenters. The highest BCUT2D eigenvalue weighted by molar-refractivity contribution is 8.00. The number of halogens is 1. The first kappa shape index (κ1) is 20.9. The summed E-state index contributed by atoms with van der Waals surface area (Å²) in [4.78, 5) is 16.6. The standard InChI is InChI=1S/C17H26N2O3S.ClH/c1-5-18(6-2)9-10-19-16(20)12-23-17(19)13-7-8-14(21-3)15(11-13)22-4;/h7-8,11,17H,5-6,9-10,12H2,1-4H3;1H. The zero-order valence-corrected chi connectivity index (χ0v) is 16.4. The van der Waals surface area contributed by atoms with Gasteiger partial charge in [0.15, 0.2) is 11.5 Å². The van der Waals surface area contributed by atoms with Gasteiger partial charge >= 0.3 is 0 Å². The molecule has 136 valence electrons.